The topological polar surface area (TPSA) is 61.8 Å². The second-order valence-electron chi connectivity index (χ2n) is 6.08. The molecule has 0 saturated carbocycles. The van der Waals surface area contributed by atoms with Gasteiger partial charge in [-0.05, 0) is 45.7 Å². The summed E-state index contributed by atoms with van der Waals surface area (Å²) in [5, 5.41) is 12.7. The lowest BCUT2D eigenvalue weighted by molar-refractivity contribution is -0.145. The Bertz CT molecular complexity index is 325. The summed E-state index contributed by atoms with van der Waals surface area (Å²) in [6, 6.07) is 0.473. The van der Waals surface area contributed by atoms with Gasteiger partial charge in [0.25, 0.3) is 0 Å². The number of carbonyl (C=O) groups is 1. The van der Waals surface area contributed by atoms with E-state index in [0.717, 1.165) is 32.5 Å². The van der Waals surface area contributed by atoms with E-state index >= 15 is 0 Å². The predicted octanol–water partition coefficient (Wildman–Crippen LogP) is 2.11. The molecule has 21 heavy (non-hydrogen) atoms. The quantitative estimate of drug-likeness (QED) is 0.683. The Morgan fingerprint density at radius 3 is 2.67 bits per heavy atom. The summed E-state index contributed by atoms with van der Waals surface area (Å²) in [6.07, 6.45) is 3.55. The third-order valence-corrected chi connectivity index (χ3v) is 4.63. The monoisotopic (exact) mass is 300 g/mol. The molecule has 1 aliphatic heterocycles. The van der Waals surface area contributed by atoms with E-state index in [1.165, 1.54) is 0 Å². The molecule has 0 aliphatic carbocycles. The van der Waals surface area contributed by atoms with Crippen molar-refractivity contribution >= 4 is 5.97 Å². The van der Waals surface area contributed by atoms with Crippen molar-refractivity contribution in [1.82, 2.24) is 10.2 Å². The number of likely N-dealkylation sites (N-methyl/N-ethyl adjacent to an activating group) is 1. The molecule has 0 amide bonds. The van der Waals surface area contributed by atoms with Crippen molar-refractivity contribution in [2.75, 3.05) is 26.2 Å². The van der Waals surface area contributed by atoms with Crippen molar-refractivity contribution in [2.24, 2.45) is 0 Å². The van der Waals surface area contributed by atoms with Crippen LogP contribution in [0.1, 0.15) is 53.4 Å². The molecule has 0 bridgehead atoms. The Morgan fingerprint density at radius 2 is 2.14 bits per heavy atom. The van der Waals surface area contributed by atoms with Crippen LogP contribution in [0.4, 0.5) is 0 Å². The number of carboxylic acids is 1. The number of hydrogen-bond acceptors (Lipinski definition) is 4. The number of aliphatic carboxylic acids is 1. The first kappa shape index (κ1) is 18.4. The van der Waals surface area contributed by atoms with Gasteiger partial charge >= 0.3 is 5.97 Å². The number of carboxylic acid groups (broad SMARTS) is 1. The molecule has 5 heteroatoms. The zero-order chi connectivity index (χ0) is 15.9. The Kier molecular flexibility index (Phi) is 7.63. The highest BCUT2D eigenvalue weighted by molar-refractivity contribution is 5.78. The minimum absolute atomic E-state index is 0.275. The normalized spacial score (nSPS) is 26.5. The summed E-state index contributed by atoms with van der Waals surface area (Å²) >= 11 is 0. The molecule has 0 aromatic rings. The number of ether oxygens (including phenoxy) is 1. The second kappa shape index (κ2) is 8.71. The highest BCUT2D eigenvalue weighted by Crippen LogP contribution is 2.21. The Labute approximate surface area is 129 Å². The SMILES string of the molecule is CCNC(CC)(CCCN1CC(C)OCC1CC)C(=O)O. The smallest absolute Gasteiger partial charge is 0.323 e. The van der Waals surface area contributed by atoms with Crippen LogP contribution in [0.25, 0.3) is 0 Å². The molecule has 5 nitrogen and oxygen atoms in total. The van der Waals surface area contributed by atoms with Gasteiger partial charge in [0.1, 0.15) is 5.54 Å². The predicted molar refractivity (Wildman–Crippen MR) is 84.6 cm³/mol. The van der Waals surface area contributed by atoms with Crippen LogP contribution in [0.3, 0.4) is 0 Å². The van der Waals surface area contributed by atoms with Crippen molar-refractivity contribution < 1.29 is 14.6 Å². The molecule has 0 spiro atoms. The van der Waals surface area contributed by atoms with Crippen LogP contribution in [0.2, 0.25) is 0 Å². The third-order valence-electron chi connectivity index (χ3n) is 4.63. The van der Waals surface area contributed by atoms with Crippen LogP contribution in [0.5, 0.6) is 0 Å². The van der Waals surface area contributed by atoms with Crippen LogP contribution in [0.15, 0.2) is 0 Å². The van der Waals surface area contributed by atoms with Crippen molar-refractivity contribution in [3.05, 3.63) is 0 Å². The zero-order valence-corrected chi connectivity index (χ0v) is 14.0. The molecule has 1 heterocycles. The summed E-state index contributed by atoms with van der Waals surface area (Å²) < 4.78 is 5.71. The molecule has 1 fully saturated rings. The maximum absolute atomic E-state index is 11.6. The molecule has 0 radical (unpaired) electrons. The van der Waals surface area contributed by atoms with Crippen LogP contribution < -0.4 is 5.32 Å². The van der Waals surface area contributed by atoms with Gasteiger partial charge in [0, 0.05) is 12.6 Å². The van der Waals surface area contributed by atoms with E-state index < -0.39 is 11.5 Å². The van der Waals surface area contributed by atoms with Gasteiger partial charge in [-0.2, -0.15) is 0 Å². The second-order valence-corrected chi connectivity index (χ2v) is 6.08. The van der Waals surface area contributed by atoms with Gasteiger partial charge in [-0.25, -0.2) is 0 Å². The molecular weight excluding hydrogens is 268 g/mol. The summed E-state index contributed by atoms with van der Waals surface area (Å²) in [6.45, 7) is 11.6. The standard InChI is InChI=1S/C16H32N2O3/c1-5-14-12-21-13(4)11-18(14)10-8-9-16(6-2,15(19)20)17-7-3/h13-14,17H,5-12H2,1-4H3,(H,19,20). The summed E-state index contributed by atoms with van der Waals surface area (Å²) in [5.41, 5.74) is -0.769. The molecule has 0 aromatic carbocycles. The number of nitrogens with zero attached hydrogens (tertiary/aromatic N) is 1. The lowest BCUT2D eigenvalue weighted by Gasteiger charge is -2.39. The van der Waals surface area contributed by atoms with E-state index in [1.54, 1.807) is 0 Å². The van der Waals surface area contributed by atoms with Gasteiger partial charge in [0.05, 0.1) is 12.7 Å². The first-order valence-corrected chi connectivity index (χ1v) is 8.33. The van der Waals surface area contributed by atoms with Gasteiger partial charge in [0.2, 0.25) is 0 Å². The van der Waals surface area contributed by atoms with Gasteiger partial charge in [0.15, 0.2) is 0 Å². The number of hydrogen-bond donors (Lipinski definition) is 2. The average molecular weight is 300 g/mol. The van der Waals surface area contributed by atoms with E-state index in [0.29, 0.717) is 25.4 Å². The first-order valence-electron chi connectivity index (χ1n) is 8.33. The summed E-state index contributed by atoms with van der Waals surface area (Å²) in [7, 11) is 0. The molecule has 2 N–H and O–H groups in total. The summed E-state index contributed by atoms with van der Waals surface area (Å²) in [4.78, 5) is 14.1. The minimum Gasteiger partial charge on any atom is -0.480 e. The molecule has 3 unspecified atom stereocenters. The lowest BCUT2D eigenvalue weighted by Crippen LogP contribution is -2.53. The Balaban J connectivity index is 2.54. The highest BCUT2D eigenvalue weighted by atomic mass is 16.5. The van der Waals surface area contributed by atoms with Crippen molar-refractivity contribution in [3.63, 3.8) is 0 Å². The van der Waals surface area contributed by atoms with Gasteiger partial charge < -0.3 is 15.2 Å². The third kappa shape index (κ3) is 4.94. The van der Waals surface area contributed by atoms with E-state index in [9.17, 15) is 9.90 Å². The number of rotatable bonds is 9. The fourth-order valence-corrected chi connectivity index (χ4v) is 3.21. The highest BCUT2D eigenvalue weighted by Gasteiger charge is 2.35. The molecule has 0 aromatic heterocycles. The van der Waals surface area contributed by atoms with Crippen LogP contribution in [-0.2, 0) is 9.53 Å². The average Bonchev–Trinajstić information content (AvgIpc) is 2.46. The minimum atomic E-state index is -0.769. The summed E-state index contributed by atoms with van der Waals surface area (Å²) in [5.74, 6) is -0.728. The van der Waals surface area contributed by atoms with Crippen molar-refractivity contribution in [2.45, 2.75) is 71.1 Å². The van der Waals surface area contributed by atoms with E-state index in [2.05, 4.69) is 24.1 Å². The van der Waals surface area contributed by atoms with Gasteiger partial charge in [-0.15, -0.1) is 0 Å². The molecule has 124 valence electrons. The van der Waals surface area contributed by atoms with Gasteiger partial charge in [-0.3, -0.25) is 9.69 Å². The zero-order valence-electron chi connectivity index (χ0n) is 14.0. The molecule has 1 aliphatic rings. The molecule has 1 saturated heterocycles. The Morgan fingerprint density at radius 1 is 1.43 bits per heavy atom. The first-order chi connectivity index (χ1) is 9.99. The van der Waals surface area contributed by atoms with Crippen LogP contribution >= 0.6 is 0 Å². The van der Waals surface area contributed by atoms with Crippen LogP contribution in [-0.4, -0.2) is 59.9 Å². The van der Waals surface area contributed by atoms with Crippen molar-refractivity contribution in [1.29, 1.82) is 0 Å². The fourth-order valence-electron chi connectivity index (χ4n) is 3.21. The van der Waals surface area contributed by atoms with Gasteiger partial charge in [-0.1, -0.05) is 20.8 Å². The number of morpholine rings is 1. The van der Waals surface area contributed by atoms with Crippen molar-refractivity contribution in [3.8, 4) is 0 Å². The maximum atomic E-state index is 11.6. The number of nitrogens with one attached hydrogen (secondary N) is 1. The lowest BCUT2D eigenvalue weighted by atomic mass is 9.90. The molecule has 3 atom stereocenters. The molecule has 1 rings (SSSR count). The van der Waals surface area contributed by atoms with E-state index in [1.807, 2.05) is 13.8 Å². The Hall–Kier alpha value is -0.650. The largest absolute Gasteiger partial charge is 0.480 e. The van der Waals surface area contributed by atoms with E-state index in [4.69, 9.17) is 4.74 Å². The maximum Gasteiger partial charge on any atom is 0.323 e. The molecular formula is C16H32N2O3. The van der Waals surface area contributed by atoms with Crippen LogP contribution in [0, 0.1) is 0 Å². The van der Waals surface area contributed by atoms with E-state index in [-0.39, 0.29) is 6.10 Å². The fraction of sp³-hybridized carbons (Fsp3) is 0.938.